The highest BCUT2D eigenvalue weighted by molar-refractivity contribution is 6.06. The van der Waals surface area contributed by atoms with E-state index in [1.54, 1.807) is 33.5 Å². The van der Waals surface area contributed by atoms with Crippen molar-refractivity contribution in [2.75, 3.05) is 26.6 Å². The van der Waals surface area contributed by atoms with E-state index < -0.39 is 0 Å². The van der Waals surface area contributed by atoms with Gasteiger partial charge in [0.15, 0.2) is 17.2 Å². The van der Waals surface area contributed by atoms with Gasteiger partial charge in [0.25, 0.3) is 5.91 Å². The summed E-state index contributed by atoms with van der Waals surface area (Å²) in [6.45, 7) is 0. The number of hydrogen-bond donors (Lipinski definition) is 1. The summed E-state index contributed by atoms with van der Waals surface area (Å²) < 4.78 is 18.2. The third-order valence-corrected chi connectivity index (χ3v) is 5.79. The Labute approximate surface area is 191 Å². The summed E-state index contributed by atoms with van der Waals surface area (Å²) >= 11 is 0. The first-order valence-electron chi connectivity index (χ1n) is 10.5. The Morgan fingerprint density at radius 3 is 2.27 bits per heavy atom. The van der Waals surface area contributed by atoms with Crippen LogP contribution in [0.25, 0.3) is 16.9 Å². The molecule has 5 rings (SSSR count). The maximum atomic E-state index is 13.4. The van der Waals surface area contributed by atoms with Crippen molar-refractivity contribution in [1.29, 1.82) is 0 Å². The molecular weight excluding hydrogens is 418 g/mol. The Morgan fingerprint density at radius 1 is 0.879 bits per heavy atom. The van der Waals surface area contributed by atoms with E-state index in [0.717, 1.165) is 28.1 Å². The first-order chi connectivity index (χ1) is 16.1. The van der Waals surface area contributed by atoms with Crippen LogP contribution in [0.1, 0.15) is 21.6 Å². The number of nitrogens with one attached hydrogen (secondary N) is 1. The topological polar surface area (TPSA) is 74.6 Å². The second-order valence-electron chi connectivity index (χ2n) is 7.62. The summed E-state index contributed by atoms with van der Waals surface area (Å²) in [5, 5.41) is 7.70. The zero-order valence-electron chi connectivity index (χ0n) is 18.6. The van der Waals surface area contributed by atoms with Crippen molar-refractivity contribution < 1.29 is 19.0 Å². The number of anilines is 1. The molecule has 1 N–H and O–H groups in total. The highest BCUT2D eigenvalue weighted by Gasteiger charge is 2.32. The molecule has 0 spiro atoms. The molecule has 3 aromatic carbocycles. The van der Waals surface area contributed by atoms with E-state index in [1.807, 2.05) is 59.3 Å². The third-order valence-electron chi connectivity index (χ3n) is 5.79. The molecular formula is C26H23N3O4. The molecule has 0 bridgehead atoms. The number of benzene rings is 3. The van der Waals surface area contributed by atoms with Gasteiger partial charge in [-0.15, -0.1) is 0 Å². The summed E-state index contributed by atoms with van der Waals surface area (Å²) in [7, 11) is 4.80. The van der Waals surface area contributed by atoms with Gasteiger partial charge in [-0.3, -0.25) is 4.79 Å². The minimum absolute atomic E-state index is 0.294. The standard InChI is InChI=1S/C26H23N3O4/c1-31-21-12-8-7-11-20(21)27-26(30)24-19-13-16-14-22(32-2)23(33-3)15-18(16)25(19)29(28-24)17-9-5-4-6-10-17/h4-12,14-15H,13H2,1-3H3,(H,27,30). The molecule has 0 saturated heterocycles. The summed E-state index contributed by atoms with van der Waals surface area (Å²) in [4.78, 5) is 13.4. The van der Waals surface area contributed by atoms with Crippen LogP contribution in [0.15, 0.2) is 66.7 Å². The molecule has 7 heteroatoms. The Kier molecular flexibility index (Phi) is 5.22. The number of aromatic nitrogens is 2. The SMILES string of the molecule is COc1ccccc1NC(=O)c1nn(-c2ccccc2)c2c1Cc1cc(OC)c(OC)cc1-2. The molecule has 1 aliphatic carbocycles. The second kappa shape index (κ2) is 8.35. The van der Waals surface area contributed by atoms with Gasteiger partial charge in [-0.1, -0.05) is 30.3 Å². The van der Waals surface area contributed by atoms with Gasteiger partial charge in [-0.25, -0.2) is 4.68 Å². The molecule has 0 unspecified atom stereocenters. The summed E-state index contributed by atoms with van der Waals surface area (Å²) in [5.41, 5.74) is 5.58. The third kappa shape index (κ3) is 3.47. The van der Waals surface area contributed by atoms with Crippen LogP contribution in [0.4, 0.5) is 5.69 Å². The number of methoxy groups -OCH3 is 3. The molecule has 1 heterocycles. The Hall–Kier alpha value is -4.26. The fourth-order valence-electron chi connectivity index (χ4n) is 4.24. The first-order valence-corrected chi connectivity index (χ1v) is 10.5. The van der Waals surface area contributed by atoms with Crippen LogP contribution in [0, 0.1) is 0 Å². The van der Waals surface area contributed by atoms with Crippen LogP contribution >= 0.6 is 0 Å². The zero-order valence-corrected chi connectivity index (χ0v) is 18.6. The number of fused-ring (bicyclic) bond motifs is 3. The van der Waals surface area contributed by atoms with Gasteiger partial charge in [0.2, 0.25) is 0 Å². The lowest BCUT2D eigenvalue weighted by atomic mass is 10.1. The van der Waals surface area contributed by atoms with Gasteiger partial charge in [0.1, 0.15) is 5.75 Å². The number of para-hydroxylation sites is 3. The molecule has 33 heavy (non-hydrogen) atoms. The number of carbonyl (C=O) groups excluding carboxylic acids is 1. The predicted molar refractivity (Wildman–Crippen MR) is 126 cm³/mol. The highest BCUT2D eigenvalue weighted by atomic mass is 16.5. The second-order valence-corrected chi connectivity index (χ2v) is 7.62. The van der Waals surface area contributed by atoms with E-state index in [-0.39, 0.29) is 5.91 Å². The molecule has 166 valence electrons. The van der Waals surface area contributed by atoms with Crippen LogP contribution in [-0.2, 0) is 6.42 Å². The summed E-state index contributed by atoms with van der Waals surface area (Å²) in [6, 6.07) is 21.0. The lowest BCUT2D eigenvalue weighted by Crippen LogP contribution is -2.15. The van der Waals surface area contributed by atoms with Crippen molar-refractivity contribution in [3.8, 4) is 34.2 Å². The minimum atomic E-state index is -0.294. The van der Waals surface area contributed by atoms with Crippen LogP contribution in [0.5, 0.6) is 17.2 Å². The zero-order chi connectivity index (χ0) is 22.9. The Balaban J connectivity index is 1.65. The number of carbonyl (C=O) groups is 1. The van der Waals surface area contributed by atoms with Gasteiger partial charge in [0.05, 0.1) is 38.4 Å². The molecule has 0 atom stereocenters. The molecule has 0 fully saturated rings. The maximum absolute atomic E-state index is 13.4. The van der Waals surface area contributed by atoms with Crippen LogP contribution in [0.2, 0.25) is 0 Å². The fourth-order valence-corrected chi connectivity index (χ4v) is 4.24. The molecule has 1 amide bonds. The summed E-state index contributed by atoms with van der Waals surface area (Å²) in [5.74, 6) is 1.57. The van der Waals surface area contributed by atoms with Crippen molar-refractivity contribution in [1.82, 2.24) is 9.78 Å². The monoisotopic (exact) mass is 441 g/mol. The highest BCUT2D eigenvalue weighted by Crippen LogP contribution is 2.45. The largest absolute Gasteiger partial charge is 0.495 e. The first kappa shape index (κ1) is 20.6. The van der Waals surface area contributed by atoms with Crippen LogP contribution in [-0.4, -0.2) is 37.0 Å². The van der Waals surface area contributed by atoms with Gasteiger partial charge in [-0.2, -0.15) is 5.10 Å². The minimum Gasteiger partial charge on any atom is -0.495 e. The average Bonchev–Trinajstić information content (AvgIpc) is 3.41. The Bertz CT molecular complexity index is 1350. The number of rotatable bonds is 6. The number of nitrogens with zero attached hydrogens (tertiary/aromatic N) is 2. The van der Waals surface area contributed by atoms with Gasteiger partial charge >= 0.3 is 0 Å². The van der Waals surface area contributed by atoms with E-state index in [2.05, 4.69) is 5.32 Å². The van der Waals surface area contributed by atoms with Crippen molar-refractivity contribution in [2.24, 2.45) is 0 Å². The molecule has 4 aromatic rings. The maximum Gasteiger partial charge on any atom is 0.276 e. The van der Waals surface area contributed by atoms with Crippen LogP contribution < -0.4 is 19.5 Å². The molecule has 0 saturated carbocycles. The van der Waals surface area contributed by atoms with Crippen LogP contribution in [0.3, 0.4) is 0 Å². The number of amides is 1. The van der Waals surface area contributed by atoms with E-state index in [9.17, 15) is 4.79 Å². The van der Waals surface area contributed by atoms with E-state index >= 15 is 0 Å². The van der Waals surface area contributed by atoms with Crippen molar-refractivity contribution in [2.45, 2.75) is 6.42 Å². The number of ether oxygens (including phenoxy) is 3. The Morgan fingerprint density at radius 2 is 1.55 bits per heavy atom. The molecule has 7 nitrogen and oxygen atoms in total. The summed E-state index contributed by atoms with van der Waals surface area (Å²) in [6.07, 6.45) is 0.562. The lowest BCUT2D eigenvalue weighted by Gasteiger charge is -2.12. The number of hydrogen-bond acceptors (Lipinski definition) is 5. The normalized spacial score (nSPS) is 11.5. The van der Waals surface area contributed by atoms with E-state index in [0.29, 0.717) is 35.1 Å². The molecule has 1 aliphatic rings. The van der Waals surface area contributed by atoms with Crippen molar-refractivity contribution in [3.63, 3.8) is 0 Å². The van der Waals surface area contributed by atoms with E-state index in [4.69, 9.17) is 19.3 Å². The van der Waals surface area contributed by atoms with Gasteiger partial charge in [0, 0.05) is 17.5 Å². The van der Waals surface area contributed by atoms with Crippen molar-refractivity contribution in [3.05, 3.63) is 83.6 Å². The van der Waals surface area contributed by atoms with E-state index in [1.165, 1.54) is 0 Å². The smallest absolute Gasteiger partial charge is 0.276 e. The fraction of sp³-hybridized carbons (Fsp3) is 0.154. The molecule has 1 aromatic heterocycles. The lowest BCUT2D eigenvalue weighted by molar-refractivity contribution is 0.102. The van der Waals surface area contributed by atoms with Crippen molar-refractivity contribution >= 4 is 11.6 Å². The molecule has 0 aliphatic heterocycles. The predicted octanol–water partition coefficient (Wildman–Crippen LogP) is 4.72. The average molecular weight is 441 g/mol. The molecule has 0 radical (unpaired) electrons. The van der Waals surface area contributed by atoms with Gasteiger partial charge in [-0.05, 0) is 42.0 Å². The van der Waals surface area contributed by atoms with Gasteiger partial charge < -0.3 is 19.5 Å². The quantitative estimate of drug-likeness (QED) is 0.413.